The molecule has 5 rings (SSSR count). The van der Waals surface area contributed by atoms with Crippen LogP contribution in [0.4, 0.5) is 4.39 Å². The van der Waals surface area contributed by atoms with E-state index in [1.807, 2.05) is 0 Å². The van der Waals surface area contributed by atoms with Crippen molar-refractivity contribution in [2.45, 2.75) is 30.3 Å². The third kappa shape index (κ3) is 4.66. The first-order valence-corrected chi connectivity index (χ1v) is 10.0. The maximum atomic E-state index is 13.4. The van der Waals surface area contributed by atoms with E-state index in [2.05, 4.69) is 15.6 Å². The van der Waals surface area contributed by atoms with Crippen LogP contribution in [0.1, 0.15) is 19.3 Å². The first-order chi connectivity index (χ1) is 14.8. The molecule has 2 N–H and O–H groups in total. The highest BCUT2D eigenvalue weighted by Gasteiger charge is 2.69. The fourth-order valence-corrected chi connectivity index (χ4v) is 4.27. The van der Waals surface area contributed by atoms with Crippen molar-refractivity contribution >= 4 is 23.4 Å². The van der Waals surface area contributed by atoms with Gasteiger partial charge in [-0.25, -0.2) is 9.37 Å². The SMILES string of the molecule is COc1ccc(OCC(=O)NC23CC(NC(=O)COc4ccc(Cl)c(F)c4)(C2)C3)cn1. The molecule has 0 atom stereocenters. The molecule has 8 nitrogen and oxygen atoms in total. The number of nitrogens with one attached hydrogen (secondary N) is 2. The number of hydrogen-bond acceptors (Lipinski definition) is 6. The van der Waals surface area contributed by atoms with Gasteiger partial charge in [0.05, 0.1) is 18.3 Å². The maximum absolute atomic E-state index is 13.4. The molecule has 2 bridgehead atoms. The first-order valence-electron chi connectivity index (χ1n) is 9.63. The van der Waals surface area contributed by atoms with Gasteiger partial charge in [-0.1, -0.05) is 11.6 Å². The molecular formula is C21H21ClFN3O5. The topological polar surface area (TPSA) is 98.8 Å². The number of nitrogens with zero attached hydrogens (tertiary/aromatic N) is 1. The molecule has 3 saturated carbocycles. The van der Waals surface area contributed by atoms with Crippen LogP contribution in [0.15, 0.2) is 36.5 Å². The van der Waals surface area contributed by atoms with Crippen molar-refractivity contribution < 1.29 is 28.2 Å². The monoisotopic (exact) mass is 449 g/mol. The van der Waals surface area contributed by atoms with E-state index in [0.29, 0.717) is 30.9 Å². The molecule has 1 aromatic heterocycles. The molecule has 0 radical (unpaired) electrons. The third-order valence-corrected chi connectivity index (χ3v) is 5.70. The zero-order valence-corrected chi connectivity index (χ0v) is 17.5. The molecule has 3 aliphatic carbocycles. The molecule has 31 heavy (non-hydrogen) atoms. The fourth-order valence-electron chi connectivity index (χ4n) is 4.15. The van der Waals surface area contributed by atoms with E-state index in [0.717, 1.165) is 6.07 Å². The molecule has 3 fully saturated rings. The van der Waals surface area contributed by atoms with Crippen molar-refractivity contribution in [3.8, 4) is 17.4 Å². The van der Waals surface area contributed by atoms with E-state index in [1.165, 1.54) is 25.4 Å². The molecule has 1 aromatic carbocycles. The zero-order valence-electron chi connectivity index (χ0n) is 16.7. The second kappa shape index (κ2) is 8.22. The second-order valence-electron chi connectivity index (χ2n) is 7.88. The van der Waals surface area contributed by atoms with Gasteiger partial charge in [-0.05, 0) is 37.5 Å². The Morgan fingerprint density at radius 1 is 1.03 bits per heavy atom. The molecule has 10 heteroatoms. The number of methoxy groups -OCH3 is 1. The molecule has 3 aliphatic rings. The van der Waals surface area contributed by atoms with E-state index in [1.54, 1.807) is 12.1 Å². The number of carbonyl (C=O) groups is 2. The summed E-state index contributed by atoms with van der Waals surface area (Å²) in [4.78, 5) is 28.3. The summed E-state index contributed by atoms with van der Waals surface area (Å²) >= 11 is 5.62. The van der Waals surface area contributed by atoms with Crippen LogP contribution in [0.5, 0.6) is 17.4 Å². The lowest BCUT2D eigenvalue weighted by Crippen LogP contribution is -2.84. The number of amides is 2. The Kier molecular flexibility index (Phi) is 5.62. The quantitative estimate of drug-likeness (QED) is 0.609. The van der Waals surface area contributed by atoms with E-state index in [4.69, 9.17) is 25.8 Å². The first kappa shape index (κ1) is 21.2. The van der Waals surface area contributed by atoms with E-state index in [9.17, 15) is 14.0 Å². The van der Waals surface area contributed by atoms with Crippen LogP contribution in [0.2, 0.25) is 5.02 Å². The summed E-state index contributed by atoms with van der Waals surface area (Å²) in [6.07, 6.45) is 3.43. The minimum Gasteiger partial charge on any atom is -0.484 e. The van der Waals surface area contributed by atoms with Crippen LogP contribution in [0.25, 0.3) is 0 Å². The standard InChI is InChI=1S/C21H21ClFN3O5/c1-29-19-5-3-14(7-24-19)31-9-18(28)26-21-10-20(11-21,12-21)25-17(27)8-30-13-2-4-15(22)16(23)6-13/h2-7H,8-12H2,1H3,(H,25,27)(H,26,28). The average molecular weight is 450 g/mol. The normalized spacial score (nSPS) is 23.1. The van der Waals surface area contributed by atoms with Gasteiger partial charge in [-0.15, -0.1) is 0 Å². The van der Waals surface area contributed by atoms with Crippen molar-refractivity contribution in [2.75, 3.05) is 20.3 Å². The number of hydrogen-bond donors (Lipinski definition) is 2. The Hall–Kier alpha value is -3.07. The third-order valence-electron chi connectivity index (χ3n) is 5.39. The zero-order chi connectivity index (χ0) is 22.1. The smallest absolute Gasteiger partial charge is 0.258 e. The maximum Gasteiger partial charge on any atom is 0.258 e. The van der Waals surface area contributed by atoms with Gasteiger partial charge in [0.2, 0.25) is 5.88 Å². The number of aromatic nitrogens is 1. The molecule has 164 valence electrons. The molecule has 0 saturated heterocycles. The predicted molar refractivity (Wildman–Crippen MR) is 109 cm³/mol. The lowest BCUT2D eigenvalue weighted by molar-refractivity contribution is -0.151. The van der Waals surface area contributed by atoms with Crippen molar-refractivity contribution in [1.29, 1.82) is 0 Å². The minimum atomic E-state index is -0.607. The summed E-state index contributed by atoms with van der Waals surface area (Å²) < 4.78 is 29.1. The number of rotatable bonds is 9. The highest BCUT2D eigenvalue weighted by Crippen LogP contribution is 2.60. The number of halogens is 2. The van der Waals surface area contributed by atoms with Crippen LogP contribution in [-0.2, 0) is 9.59 Å². The predicted octanol–water partition coefficient (Wildman–Crippen LogP) is 2.25. The van der Waals surface area contributed by atoms with Crippen molar-refractivity contribution in [1.82, 2.24) is 15.6 Å². The Morgan fingerprint density at radius 2 is 1.61 bits per heavy atom. The molecule has 2 amide bonds. The summed E-state index contributed by atoms with van der Waals surface area (Å²) in [6.45, 7) is -0.355. The lowest BCUT2D eigenvalue weighted by atomic mass is 9.44. The Labute approximate surface area is 183 Å². The van der Waals surface area contributed by atoms with Gasteiger partial charge in [0.25, 0.3) is 11.8 Å². The summed E-state index contributed by atoms with van der Waals surface area (Å²) in [5.41, 5.74) is -0.619. The second-order valence-corrected chi connectivity index (χ2v) is 8.28. The molecule has 0 spiro atoms. The highest BCUT2D eigenvalue weighted by atomic mass is 35.5. The van der Waals surface area contributed by atoms with Crippen LogP contribution in [-0.4, -0.2) is 48.2 Å². The van der Waals surface area contributed by atoms with Gasteiger partial charge in [-0.2, -0.15) is 0 Å². The van der Waals surface area contributed by atoms with Gasteiger partial charge >= 0.3 is 0 Å². The minimum absolute atomic E-state index is 0.0101. The number of carbonyl (C=O) groups excluding carboxylic acids is 2. The van der Waals surface area contributed by atoms with Crippen LogP contribution in [0.3, 0.4) is 0 Å². The molecule has 1 heterocycles. The van der Waals surface area contributed by atoms with Crippen molar-refractivity contribution in [3.63, 3.8) is 0 Å². The van der Waals surface area contributed by atoms with Gasteiger partial charge < -0.3 is 24.8 Å². The molecule has 0 aliphatic heterocycles. The number of ether oxygens (including phenoxy) is 3. The van der Waals surface area contributed by atoms with Crippen LogP contribution >= 0.6 is 11.6 Å². The number of benzene rings is 1. The Morgan fingerprint density at radius 3 is 2.13 bits per heavy atom. The van der Waals surface area contributed by atoms with Gasteiger partial charge in [0.1, 0.15) is 17.3 Å². The molecule has 2 aromatic rings. The van der Waals surface area contributed by atoms with Gasteiger partial charge in [-0.3, -0.25) is 9.59 Å². The summed E-state index contributed by atoms with van der Waals surface area (Å²) in [5, 5.41) is 5.90. The Balaban J connectivity index is 1.16. The largest absolute Gasteiger partial charge is 0.484 e. The average Bonchev–Trinajstić information content (AvgIpc) is 2.71. The van der Waals surface area contributed by atoms with Gasteiger partial charge in [0, 0.05) is 23.2 Å². The van der Waals surface area contributed by atoms with E-state index < -0.39 is 5.82 Å². The summed E-state index contributed by atoms with van der Waals surface area (Å²) in [6, 6.07) is 7.31. The Bertz CT molecular complexity index is 981. The lowest BCUT2D eigenvalue weighted by Gasteiger charge is -2.70. The van der Waals surface area contributed by atoms with Crippen molar-refractivity contribution in [3.05, 3.63) is 47.4 Å². The molecular weight excluding hydrogens is 429 g/mol. The number of pyridine rings is 1. The van der Waals surface area contributed by atoms with Crippen molar-refractivity contribution in [2.24, 2.45) is 0 Å². The molecule has 0 unspecified atom stereocenters. The van der Waals surface area contributed by atoms with E-state index in [-0.39, 0.29) is 46.9 Å². The van der Waals surface area contributed by atoms with Gasteiger partial charge in [0.15, 0.2) is 13.2 Å². The van der Waals surface area contributed by atoms with E-state index >= 15 is 0 Å². The van der Waals surface area contributed by atoms with Crippen LogP contribution in [0, 0.1) is 5.82 Å². The fraction of sp³-hybridized carbons (Fsp3) is 0.381. The van der Waals surface area contributed by atoms with Crippen LogP contribution < -0.4 is 24.8 Å². The summed E-state index contributed by atoms with van der Waals surface area (Å²) in [7, 11) is 1.52. The highest BCUT2D eigenvalue weighted by molar-refractivity contribution is 6.30. The summed E-state index contributed by atoms with van der Waals surface area (Å²) in [5.74, 6) is 0.0183.